The minimum absolute atomic E-state index is 0.256. The van der Waals surface area contributed by atoms with E-state index in [0.717, 1.165) is 12.8 Å². The maximum absolute atomic E-state index is 13.6. The summed E-state index contributed by atoms with van der Waals surface area (Å²) in [5.74, 6) is -0.111. The first kappa shape index (κ1) is 9.19. The second kappa shape index (κ2) is 3.78. The number of allylic oxidation sites excluding steroid dienone is 1. The molecule has 0 amide bonds. The number of aromatic nitrogens is 1. The van der Waals surface area contributed by atoms with Crippen molar-refractivity contribution in [3.05, 3.63) is 29.3 Å². The van der Waals surface area contributed by atoms with Crippen LogP contribution in [0.2, 0.25) is 0 Å². The molecule has 14 heavy (non-hydrogen) atoms. The van der Waals surface area contributed by atoms with Crippen LogP contribution < -0.4 is 4.74 Å². The van der Waals surface area contributed by atoms with Crippen LogP contribution in [-0.2, 0) is 0 Å². The van der Waals surface area contributed by atoms with Gasteiger partial charge >= 0.3 is 0 Å². The van der Waals surface area contributed by atoms with Crippen molar-refractivity contribution in [3.8, 4) is 5.75 Å². The number of pyridine rings is 1. The van der Waals surface area contributed by atoms with Crippen LogP contribution in [0, 0.1) is 5.82 Å². The summed E-state index contributed by atoms with van der Waals surface area (Å²) >= 11 is 0. The van der Waals surface area contributed by atoms with Crippen molar-refractivity contribution in [2.24, 2.45) is 0 Å². The van der Waals surface area contributed by atoms with Gasteiger partial charge in [0.1, 0.15) is 5.69 Å². The Balaban J connectivity index is 2.33. The van der Waals surface area contributed by atoms with Gasteiger partial charge in [0.15, 0.2) is 11.6 Å². The Hall–Kier alpha value is -1.38. The minimum atomic E-state index is -0.366. The van der Waals surface area contributed by atoms with Crippen LogP contribution >= 0.6 is 0 Å². The van der Waals surface area contributed by atoms with Gasteiger partial charge in [-0.05, 0) is 25.3 Å². The third-order valence-corrected chi connectivity index (χ3v) is 2.44. The number of ether oxygens (including phenoxy) is 1. The fraction of sp³-hybridized carbons (Fsp3) is 0.364. The number of hydrogen-bond donors (Lipinski definition) is 0. The first-order chi connectivity index (χ1) is 6.81. The van der Waals surface area contributed by atoms with Gasteiger partial charge in [0.2, 0.25) is 0 Å². The molecule has 0 aliphatic heterocycles. The third kappa shape index (κ3) is 1.62. The molecule has 2 rings (SSSR count). The van der Waals surface area contributed by atoms with Crippen molar-refractivity contribution in [3.63, 3.8) is 0 Å². The second-order valence-electron chi connectivity index (χ2n) is 3.37. The zero-order valence-corrected chi connectivity index (χ0v) is 8.09. The Morgan fingerprint density at radius 1 is 1.50 bits per heavy atom. The Kier molecular flexibility index (Phi) is 2.48. The minimum Gasteiger partial charge on any atom is -0.494 e. The smallest absolute Gasteiger partial charge is 0.190 e. The summed E-state index contributed by atoms with van der Waals surface area (Å²) in [6, 6.07) is 1.53. The number of hydrogen-bond acceptors (Lipinski definition) is 2. The third-order valence-electron chi connectivity index (χ3n) is 2.44. The van der Waals surface area contributed by atoms with E-state index in [1.165, 1.54) is 25.2 Å². The molecule has 74 valence electrons. The first-order valence-corrected chi connectivity index (χ1v) is 4.69. The quantitative estimate of drug-likeness (QED) is 0.720. The molecule has 1 fully saturated rings. The van der Waals surface area contributed by atoms with Crippen LogP contribution in [0.25, 0.3) is 6.08 Å². The van der Waals surface area contributed by atoms with Gasteiger partial charge in [0.25, 0.3) is 0 Å². The lowest BCUT2D eigenvalue weighted by Gasteiger charge is -2.15. The monoisotopic (exact) mass is 193 g/mol. The van der Waals surface area contributed by atoms with E-state index in [0.29, 0.717) is 5.69 Å². The van der Waals surface area contributed by atoms with E-state index < -0.39 is 0 Å². The molecule has 1 aliphatic rings. The fourth-order valence-electron chi connectivity index (χ4n) is 1.42. The summed E-state index contributed by atoms with van der Waals surface area (Å²) in [6.45, 7) is 0. The molecule has 0 unspecified atom stereocenters. The van der Waals surface area contributed by atoms with Crippen LogP contribution in [-0.4, -0.2) is 12.1 Å². The molecule has 0 aromatic carbocycles. The molecule has 0 N–H and O–H groups in total. The Morgan fingerprint density at radius 3 is 2.86 bits per heavy atom. The highest BCUT2D eigenvalue weighted by Gasteiger charge is 2.12. The number of halogens is 1. The molecule has 0 spiro atoms. The number of rotatable bonds is 2. The van der Waals surface area contributed by atoms with E-state index >= 15 is 0 Å². The van der Waals surface area contributed by atoms with Crippen molar-refractivity contribution in [2.45, 2.75) is 19.3 Å². The lowest BCUT2D eigenvalue weighted by Crippen LogP contribution is -1.99. The Morgan fingerprint density at radius 2 is 2.29 bits per heavy atom. The van der Waals surface area contributed by atoms with Gasteiger partial charge in [-0.15, -0.1) is 0 Å². The molecule has 3 heteroatoms. The predicted molar refractivity (Wildman–Crippen MR) is 52.6 cm³/mol. The van der Waals surface area contributed by atoms with Gasteiger partial charge < -0.3 is 4.74 Å². The van der Waals surface area contributed by atoms with Gasteiger partial charge in [-0.1, -0.05) is 5.57 Å². The summed E-state index contributed by atoms with van der Waals surface area (Å²) in [7, 11) is 1.46. The highest BCUT2D eigenvalue weighted by atomic mass is 19.1. The number of nitrogens with zero attached hydrogens (tertiary/aromatic N) is 1. The van der Waals surface area contributed by atoms with E-state index in [-0.39, 0.29) is 11.6 Å². The normalized spacial score (nSPS) is 14.9. The number of methoxy groups -OCH3 is 1. The molecule has 0 radical (unpaired) electrons. The van der Waals surface area contributed by atoms with Crippen molar-refractivity contribution < 1.29 is 9.13 Å². The van der Waals surface area contributed by atoms with Crippen molar-refractivity contribution in [1.82, 2.24) is 4.98 Å². The Bertz CT molecular complexity index is 368. The lowest BCUT2D eigenvalue weighted by atomic mass is 9.91. The second-order valence-corrected chi connectivity index (χ2v) is 3.37. The van der Waals surface area contributed by atoms with Crippen molar-refractivity contribution in [2.75, 3.05) is 7.11 Å². The molecule has 0 saturated heterocycles. The van der Waals surface area contributed by atoms with E-state index in [9.17, 15) is 4.39 Å². The maximum Gasteiger partial charge on any atom is 0.190 e. The van der Waals surface area contributed by atoms with Crippen LogP contribution in [0.3, 0.4) is 0 Å². The molecule has 1 aliphatic carbocycles. The molecular weight excluding hydrogens is 181 g/mol. The van der Waals surface area contributed by atoms with Gasteiger partial charge in [0, 0.05) is 12.3 Å². The molecule has 1 heterocycles. The maximum atomic E-state index is 13.6. The summed E-state index contributed by atoms with van der Waals surface area (Å²) in [5, 5.41) is 0. The van der Waals surface area contributed by atoms with Gasteiger partial charge in [0.05, 0.1) is 7.11 Å². The lowest BCUT2D eigenvalue weighted by molar-refractivity contribution is 0.384. The molecular formula is C11H12FNO. The van der Waals surface area contributed by atoms with Gasteiger partial charge in [-0.2, -0.15) is 0 Å². The summed E-state index contributed by atoms with van der Waals surface area (Å²) < 4.78 is 18.4. The molecule has 1 saturated carbocycles. The molecule has 1 aromatic rings. The molecule has 2 nitrogen and oxygen atoms in total. The van der Waals surface area contributed by atoms with E-state index in [1.807, 2.05) is 6.08 Å². The van der Waals surface area contributed by atoms with E-state index in [1.54, 1.807) is 6.20 Å². The molecule has 1 aromatic heterocycles. The summed E-state index contributed by atoms with van der Waals surface area (Å²) in [6.07, 6.45) is 6.72. The average molecular weight is 193 g/mol. The zero-order valence-electron chi connectivity index (χ0n) is 8.09. The molecule has 0 bridgehead atoms. The predicted octanol–water partition coefficient (Wildman–Crippen LogP) is 2.80. The zero-order chi connectivity index (χ0) is 9.97. The fourth-order valence-corrected chi connectivity index (χ4v) is 1.42. The van der Waals surface area contributed by atoms with Crippen LogP contribution in [0.1, 0.15) is 25.0 Å². The topological polar surface area (TPSA) is 22.1 Å². The van der Waals surface area contributed by atoms with Gasteiger partial charge in [-0.25, -0.2) is 4.39 Å². The summed E-state index contributed by atoms with van der Waals surface area (Å²) in [4.78, 5) is 3.98. The van der Waals surface area contributed by atoms with Crippen molar-refractivity contribution >= 4 is 6.08 Å². The largest absolute Gasteiger partial charge is 0.494 e. The average Bonchev–Trinajstić information content (AvgIpc) is 2.13. The SMILES string of the molecule is COc1ccnc(C=C2CCC2)c1F. The van der Waals surface area contributed by atoms with E-state index in [2.05, 4.69) is 4.98 Å². The highest BCUT2D eigenvalue weighted by Crippen LogP contribution is 2.29. The Labute approximate surface area is 82.4 Å². The highest BCUT2D eigenvalue weighted by molar-refractivity contribution is 5.53. The molecule has 0 atom stereocenters. The van der Waals surface area contributed by atoms with Crippen LogP contribution in [0.4, 0.5) is 4.39 Å². The van der Waals surface area contributed by atoms with E-state index in [4.69, 9.17) is 4.74 Å². The first-order valence-electron chi connectivity index (χ1n) is 4.69. The van der Waals surface area contributed by atoms with Crippen molar-refractivity contribution in [1.29, 1.82) is 0 Å². The van der Waals surface area contributed by atoms with Crippen LogP contribution in [0.5, 0.6) is 5.75 Å². The van der Waals surface area contributed by atoms with Gasteiger partial charge in [-0.3, -0.25) is 4.98 Å². The van der Waals surface area contributed by atoms with Crippen LogP contribution in [0.15, 0.2) is 17.8 Å². The summed E-state index contributed by atoms with van der Waals surface area (Å²) in [5.41, 5.74) is 1.66. The standard InChI is InChI=1S/C11H12FNO/c1-14-10-5-6-13-9(11(10)12)7-8-3-2-4-8/h5-7H,2-4H2,1H3.